The van der Waals surface area contributed by atoms with E-state index < -0.39 is 43.1 Å². The summed E-state index contributed by atoms with van der Waals surface area (Å²) in [5, 5.41) is 0.369. The maximum Gasteiger partial charge on any atom is 0.417 e. The summed E-state index contributed by atoms with van der Waals surface area (Å²) in [7, 11) is -0.890. The zero-order valence-corrected chi connectivity index (χ0v) is 19.1. The second-order valence-electron chi connectivity index (χ2n) is 7.06. The Balaban J connectivity index is 0.00000512. The van der Waals surface area contributed by atoms with Crippen LogP contribution in [-0.4, -0.2) is 31.0 Å². The number of unbranched alkanes of at least 4 members (excludes halogenated alkanes) is 3. The minimum Gasteiger partial charge on any atom is -0.494 e. The smallest absolute Gasteiger partial charge is 0.417 e. The van der Waals surface area contributed by atoms with E-state index in [1.165, 1.54) is 6.07 Å². The van der Waals surface area contributed by atoms with E-state index in [4.69, 9.17) is 4.74 Å². The van der Waals surface area contributed by atoms with Crippen molar-refractivity contribution in [2.45, 2.75) is 51.9 Å². The average Bonchev–Trinajstić information content (AvgIpc) is 2.67. The van der Waals surface area contributed by atoms with Crippen molar-refractivity contribution in [3.8, 4) is 5.75 Å². The maximum absolute atomic E-state index is 13.3. The summed E-state index contributed by atoms with van der Waals surface area (Å²) in [5.74, 6) is 0.543. The van der Waals surface area contributed by atoms with Gasteiger partial charge in [-0.1, -0.05) is 38.3 Å². The van der Waals surface area contributed by atoms with E-state index in [9.17, 15) is 31.1 Å². The molecule has 0 bridgehead atoms. The molecule has 2 aromatic rings. The van der Waals surface area contributed by atoms with Gasteiger partial charge in [-0.05, 0) is 57.1 Å². The van der Waals surface area contributed by atoms with E-state index in [1.54, 1.807) is 19.1 Å². The number of carbonyl (C=O) groups excluding carboxylic acids is 1. The van der Waals surface area contributed by atoms with Gasteiger partial charge in [0.15, 0.2) is 5.52 Å². The summed E-state index contributed by atoms with van der Waals surface area (Å²) in [6.45, 7) is 4.24. The first-order valence-corrected chi connectivity index (χ1v) is 10.8. The quantitative estimate of drug-likeness (QED) is 0.175. The number of aryl methyl sites for hydroxylation is 1. The van der Waals surface area contributed by atoms with Crippen molar-refractivity contribution in [3.05, 3.63) is 58.7 Å². The zero-order chi connectivity index (χ0) is 23.2. The second-order valence-corrected chi connectivity index (χ2v) is 8.31. The fraction of sp³-hybridized carbons (Fsp3) is 0.409. The van der Waals surface area contributed by atoms with Crippen LogP contribution in [0.15, 0.2) is 36.4 Å². The first kappa shape index (κ1) is 28.6. The molecule has 0 aliphatic rings. The number of benzene rings is 2. The van der Waals surface area contributed by atoms with Crippen LogP contribution in [-0.2, 0) is 12.4 Å². The van der Waals surface area contributed by atoms with Gasteiger partial charge in [0.2, 0.25) is 0 Å². The average molecular weight is 471 g/mol. The third kappa shape index (κ3) is 7.83. The summed E-state index contributed by atoms with van der Waals surface area (Å²) in [4.78, 5) is 12.6. The van der Waals surface area contributed by atoms with Gasteiger partial charge in [0.1, 0.15) is 5.75 Å². The summed E-state index contributed by atoms with van der Waals surface area (Å²) < 4.78 is 85.5. The van der Waals surface area contributed by atoms with E-state index in [1.807, 2.05) is 0 Å². The molecule has 171 valence electrons. The van der Waals surface area contributed by atoms with Gasteiger partial charge < -0.3 is 4.74 Å². The Morgan fingerprint density at radius 1 is 0.938 bits per heavy atom. The van der Waals surface area contributed by atoms with Crippen LogP contribution in [0.2, 0.25) is 0 Å². The zero-order valence-electron chi connectivity index (χ0n) is 18.1. The molecule has 0 spiro atoms. The number of alkyl halides is 6. The molecule has 32 heavy (non-hydrogen) atoms. The Hall–Kier alpha value is -1.48. The van der Waals surface area contributed by atoms with Gasteiger partial charge in [-0.15, -0.1) is 0 Å². The number of carbonyl (C=O) groups is 1. The molecule has 2 nitrogen and oxygen atoms in total. The molecule has 0 saturated carbocycles. The van der Waals surface area contributed by atoms with Gasteiger partial charge in [-0.25, -0.2) is 0 Å². The molecule has 2 aromatic carbocycles. The first-order chi connectivity index (χ1) is 14.4. The monoisotopic (exact) mass is 471 g/mol. The Morgan fingerprint density at radius 3 is 2.03 bits per heavy atom. The number of hydrogen-bond acceptors (Lipinski definition) is 2. The van der Waals surface area contributed by atoms with E-state index in [-0.39, 0.29) is 18.9 Å². The standard InChI is InChI=1S/C22H23F6O2P.Li/c1-3-4-5-6-12-30-15-10-11-18(14(2)13-15)31-20(29)19-16(21(23,24)25)8-7-9-17(19)22(26,27)28;/h7-11,13,31H,3-6,12H2,1-2H3;. The molecule has 0 fully saturated rings. The molecule has 1 atom stereocenters. The van der Waals surface area contributed by atoms with E-state index in [0.29, 0.717) is 41.4 Å². The summed E-state index contributed by atoms with van der Waals surface area (Å²) in [6.07, 6.45) is -6.06. The third-order valence-electron chi connectivity index (χ3n) is 4.62. The second kappa shape index (κ2) is 12.1. The van der Waals surface area contributed by atoms with Crippen molar-refractivity contribution in [3.63, 3.8) is 0 Å². The van der Waals surface area contributed by atoms with Crippen LogP contribution in [0.4, 0.5) is 26.3 Å². The molecule has 0 aromatic heterocycles. The molecule has 0 N–H and O–H groups in total. The van der Waals surface area contributed by atoms with Gasteiger partial charge in [-0.2, -0.15) is 26.3 Å². The number of ether oxygens (including phenoxy) is 1. The van der Waals surface area contributed by atoms with Crippen molar-refractivity contribution in [2.75, 3.05) is 6.61 Å². The van der Waals surface area contributed by atoms with Crippen molar-refractivity contribution >= 4 is 38.3 Å². The fourth-order valence-corrected chi connectivity index (χ4v) is 4.11. The van der Waals surface area contributed by atoms with Crippen LogP contribution in [0, 0.1) is 6.92 Å². The van der Waals surface area contributed by atoms with Crippen LogP contribution in [0.5, 0.6) is 5.75 Å². The molecule has 0 saturated heterocycles. The van der Waals surface area contributed by atoms with E-state index in [2.05, 4.69) is 6.92 Å². The Labute approximate surface area is 197 Å². The first-order valence-electron chi connectivity index (χ1n) is 9.77. The van der Waals surface area contributed by atoms with Crippen LogP contribution < -0.4 is 10.0 Å². The molecule has 1 unspecified atom stereocenters. The number of hydrogen-bond donors (Lipinski definition) is 0. The predicted octanol–water partition coefficient (Wildman–Crippen LogP) is 6.76. The fourth-order valence-electron chi connectivity index (χ4n) is 3.04. The Morgan fingerprint density at radius 2 is 1.53 bits per heavy atom. The van der Waals surface area contributed by atoms with Gasteiger partial charge in [0.25, 0.3) is 0 Å². The predicted molar refractivity (Wildman–Crippen MR) is 115 cm³/mol. The molecule has 10 heteroatoms. The Kier molecular flexibility index (Phi) is 10.8. The van der Waals surface area contributed by atoms with Gasteiger partial charge in [-0.3, -0.25) is 4.79 Å². The van der Waals surface area contributed by atoms with Crippen LogP contribution in [0.1, 0.15) is 59.7 Å². The van der Waals surface area contributed by atoms with Crippen molar-refractivity contribution in [1.29, 1.82) is 0 Å². The summed E-state index contributed by atoms with van der Waals surface area (Å²) in [6, 6.07) is 6.36. The van der Waals surface area contributed by atoms with E-state index >= 15 is 0 Å². The van der Waals surface area contributed by atoms with Crippen molar-refractivity contribution in [2.24, 2.45) is 0 Å². The van der Waals surface area contributed by atoms with Crippen molar-refractivity contribution in [1.82, 2.24) is 0 Å². The maximum atomic E-state index is 13.3. The van der Waals surface area contributed by atoms with Gasteiger partial charge in [0.05, 0.1) is 17.7 Å². The largest absolute Gasteiger partial charge is 0.494 e. The molecule has 1 radical (unpaired) electrons. The topological polar surface area (TPSA) is 26.3 Å². The summed E-state index contributed by atoms with van der Waals surface area (Å²) in [5.41, 5.74) is -5.14. The van der Waals surface area contributed by atoms with E-state index in [0.717, 1.165) is 25.7 Å². The number of rotatable bonds is 9. The number of halogens is 6. The van der Waals surface area contributed by atoms with Crippen LogP contribution >= 0.6 is 8.58 Å². The SMILES string of the molecule is CCCCCCOc1ccc(PC(=O)c2c(C(F)(F)F)cccc2C(F)(F)F)c(C)c1.[Li]. The van der Waals surface area contributed by atoms with Crippen LogP contribution in [0.25, 0.3) is 0 Å². The molecule has 0 heterocycles. The minimum atomic E-state index is -5.08. The third-order valence-corrected chi connectivity index (χ3v) is 5.92. The molecule has 0 aliphatic heterocycles. The Bertz CT molecular complexity index is 880. The minimum absolute atomic E-state index is 0. The molecule has 0 amide bonds. The molecule has 2 rings (SSSR count). The van der Waals surface area contributed by atoms with Gasteiger partial charge in [0, 0.05) is 24.4 Å². The normalized spacial score (nSPS) is 12.1. The van der Waals surface area contributed by atoms with Crippen molar-refractivity contribution < 1.29 is 35.9 Å². The van der Waals surface area contributed by atoms with Crippen LogP contribution in [0.3, 0.4) is 0 Å². The molecule has 0 aliphatic carbocycles. The van der Waals surface area contributed by atoms with Gasteiger partial charge >= 0.3 is 12.4 Å². The summed E-state index contributed by atoms with van der Waals surface area (Å²) >= 11 is 0. The molecular weight excluding hydrogens is 448 g/mol. The molecular formula is C22H23F6LiO2P.